The monoisotopic (exact) mass is 440 g/mol. The van der Waals surface area contributed by atoms with Crippen molar-refractivity contribution in [3.63, 3.8) is 0 Å². The minimum absolute atomic E-state index is 0.0297. The number of nitrogens with zero attached hydrogens (tertiary/aromatic N) is 4. The number of phenolic OH excluding ortho intramolecular Hbond substituents is 2. The lowest BCUT2D eigenvalue weighted by Crippen LogP contribution is -2.21. The van der Waals surface area contributed by atoms with Crippen LogP contribution in [-0.2, 0) is 13.2 Å². The first-order valence-corrected chi connectivity index (χ1v) is 10.2. The lowest BCUT2D eigenvalue weighted by Gasteiger charge is -2.28. The van der Waals surface area contributed by atoms with Gasteiger partial charge in [-0.15, -0.1) is 5.10 Å². The van der Waals surface area contributed by atoms with Crippen molar-refractivity contribution in [3.05, 3.63) is 53.3 Å². The van der Waals surface area contributed by atoms with Gasteiger partial charge in [0.05, 0.1) is 24.6 Å². The second kappa shape index (κ2) is 9.04. The van der Waals surface area contributed by atoms with Crippen LogP contribution in [0, 0.1) is 0 Å². The summed E-state index contributed by atoms with van der Waals surface area (Å²) < 4.78 is 18.7. The van der Waals surface area contributed by atoms with Gasteiger partial charge >= 0.3 is 0 Å². The third kappa shape index (κ3) is 4.25. The molecule has 1 atom stereocenters. The van der Waals surface area contributed by atoms with Crippen molar-refractivity contribution in [1.29, 1.82) is 0 Å². The third-order valence-electron chi connectivity index (χ3n) is 5.11. The van der Waals surface area contributed by atoms with E-state index in [1.807, 2.05) is 0 Å². The average molecular weight is 440 g/mol. The number of aryl methyl sites for hydroxylation is 1. The molecule has 0 radical (unpaired) electrons. The summed E-state index contributed by atoms with van der Waals surface area (Å²) in [6.07, 6.45) is 2.40. The van der Waals surface area contributed by atoms with Gasteiger partial charge in [-0.05, 0) is 24.1 Å². The van der Waals surface area contributed by atoms with E-state index >= 15 is 0 Å². The summed E-state index contributed by atoms with van der Waals surface area (Å²) in [5.41, 5.74) is 1.87. The standard InChI is InChI=1S/C22H24N4O6/c1-3-6-26-11-14(23-25-26)12-31-15-8-18(28)22-16(24-29)10-20(32-21(22)9-15)13-4-5-19(30-2)17(27)7-13/h4-5,7-9,11,20,27-29H,3,6,10,12H2,1-2H3/b24-16+/t20-/m0/s1. The SMILES string of the molecule is CCCn1cc(COc2cc(O)c3c(c2)O[C@H](c2ccc(OC)c(O)c2)C/C3=N\O)nn1. The predicted molar refractivity (Wildman–Crippen MR) is 114 cm³/mol. The van der Waals surface area contributed by atoms with Crippen LogP contribution in [0.15, 0.2) is 41.7 Å². The van der Waals surface area contributed by atoms with Gasteiger partial charge in [0.1, 0.15) is 35.7 Å². The molecule has 10 nitrogen and oxygen atoms in total. The van der Waals surface area contributed by atoms with Gasteiger partial charge in [0, 0.05) is 25.1 Å². The number of phenols is 2. The molecule has 3 N–H and O–H groups in total. The highest BCUT2D eigenvalue weighted by molar-refractivity contribution is 6.06. The van der Waals surface area contributed by atoms with Gasteiger partial charge < -0.3 is 29.6 Å². The number of methoxy groups -OCH3 is 1. The number of ether oxygens (including phenoxy) is 3. The van der Waals surface area contributed by atoms with Crippen LogP contribution in [0.4, 0.5) is 0 Å². The zero-order chi connectivity index (χ0) is 22.7. The molecule has 0 unspecified atom stereocenters. The van der Waals surface area contributed by atoms with Crippen LogP contribution in [0.2, 0.25) is 0 Å². The Bertz CT molecular complexity index is 1140. The summed E-state index contributed by atoms with van der Waals surface area (Å²) in [5, 5.41) is 41.6. The van der Waals surface area contributed by atoms with Gasteiger partial charge in [0.25, 0.3) is 0 Å². The first-order valence-electron chi connectivity index (χ1n) is 10.2. The maximum atomic E-state index is 10.5. The van der Waals surface area contributed by atoms with Gasteiger partial charge in [0.2, 0.25) is 0 Å². The number of rotatable bonds is 7. The summed E-state index contributed by atoms with van der Waals surface area (Å²) in [4.78, 5) is 0. The first kappa shape index (κ1) is 21.3. The van der Waals surface area contributed by atoms with E-state index in [0.717, 1.165) is 13.0 Å². The Kier molecular flexibility index (Phi) is 6.02. The Labute approximate surface area is 184 Å². The molecule has 0 saturated carbocycles. The maximum Gasteiger partial charge on any atom is 0.160 e. The lowest BCUT2D eigenvalue weighted by molar-refractivity contribution is 0.199. The molecule has 32 heavy (non-hydrogen) atoms. The largest absolute Gasteiger partial charge is 0.507 e. The quantitative estimate of drug-likeness (QED) is 0.376. The van der Waals surface area contributed by atoms with Gasteiger partial charge in [0.15, 0.2) is 11.5 Å². The molecule has 1 aromatic heterocycles. The van der Waals surface area contributed by atoms with Crippen molar-refractivity contribution in [2.45, 2.75) is 39.0 Å². The topological polar surface area (TPSA) is 131 Å². The van der Waals surface area contributed by atoms with Crippen LogP contribution >= 0.6 is 0 Å². The van der Waals surface area contributed by atoms with Gasteiger partial charge in [-0.1, -0.05) is 23.4 Å². The Morgan fingerprint density at radius 2 is 2.06 bits per heavy atom. The summed E-state index contributed by atoms with van der Waals surface area (Å²) in [6, 6.07) is 7.96. The van der Waals surface area contributed by atoms with Crippen LogP contribution < -0.4 is 14.2 Å². The van der Waals surface area contributed by atoms with Crippen LogP contribution in [0.3, 0.4) is 0 Å². The van der Waals surface area contributed by atoms with Crippen LogP contribution in [-0.4, -0.2) is 43.2 Å². The zero-order valence-electron chi connectivity index (χ0n) is 17.7. The highest BCUT2D eigenvalue weighted by Gasteiger charge is 2.30. The number of aromatic nitrogens is 3. The molecule has 0 aliphatic carbocycles. The summed E-state index contributed by atoms with van der Waals surface area (Å²) in [6.45, 7) is 2.99. The van der Waals surface area contributed by atoms with Crippen molar-refractivity contribution in [3.8, 4) is 28.7 Å². The molecule has 4 rings (SSSR count). The summed E-state index contributed by atoms with van der Waals surface area (Å²) in [5.74, 6) is 0.843. The van der Waals surface area contributed by atoms with Crippen molar-refractivity contribution in [2.75, 3.05) is 7.11 Å². The average Bonchev–Trinajstić information content (AvgIpc) is 3.24. The molecule has 2 aromatic carbocycles. The molecule has 3 aromatic rings. The van der Waals surface area contributed by atoms with E-state index in [4.69, 9.17) is 14.2 Å². The normalized spacial score (nSPS) is 16.4. The van der Waals surface area contributed by atoms with Crippen LogP contribution in [0.1, 0.15) is 42.7 Å². The second-order valence-corrected chi connectivity index (χ2v) is 7.37. The second-order valence-electron chi connectivity index (χ2n) is 7.37. The van der Waals surface area contributed by atoms with Gasteiger partial charge in [-0.2, -0.15) is 0 Å². The Hall–Kier alpha value is -3.95. The maximum absolute atomic E-state index is 10.5. The number of hydrogen-bond donors (Lipinski definition) is 3. The van der Waals surface area contributed by atoms with Crippen LogP contribution in [0.5, 0.6) is 28.7 Å². The fraction of sp³-hybridized carbons (Fsp3) is 0.318. The molecule has 1 aliphatic heterocycles. The fourth-order valence-corrected chi connectivity index (χ4v) is 3.60. The molecule has 168 valence electrons. The van der Waals surface area contributed by atoms with E-state index in [0.29, 0.717) is 34.1 Å². The van der Waals surface area contributed by atoms with E-state index in [2.05, 4.69) is 22.4 Å². The van der Waals surface area contributed by atoms with E-state index in [1.54, 1.807) is 29.1 Å². The van der Waals surface area contributed by atoms with Crippen molar-refractivity contribution in [2.24, 2.45) is 5.16 Å². The minimum atomic E-state index is -0.547. The molecule has 2 heterocycles. The number of fused-ring (bicyclic) bond motifs is 1. The smallest absolute Gasteiger partial charge is 0.160 e. The third-order valence-corrected chi connectivity index (χ3v) is 5.11. The molecule has 0 spiro atoms. The van der Waals surface area contributed by atoms with Crippen LogP contribution in [0.25, 0.3) is 0 Å². The molecule has 10 heteroatoms. The van der Waals surface area contributed by atoms with Crippen molar-refractivity contribution < 1.29 is 29.6 Å². The fourth-order valence-electron chi connectivity index (χ4n) is 3.60. The van der Waals surface area contributed by atoms with Crippen molar-refractivity contribution in [1.82, 2.24) is 15.0 Å². The number of aromatic hydroxyl groups is 2. The van der Waals surface area contributed by atoms with Gasteiger partial charge in [-0.25, -0.2) is 0 Å². The van der Waals surface area contributed by atoms with E-state index < -0.39 is 6.10 Å². The highest BCUT2D eigenvalue weighted by Crippen LogP contribution is 2.43. The van der Waals surface area contributed by atoms with Gasteiger partial charge in [-0.3, -0.25) is 4.68 Å². The molecule has 0 bridgehead atoms. The molecule has 1 aliphatic rings. The summed E-state index contributed by atoms with van der Waals surface area (Å²) in [7, 11) is 1.47. The van der Waals surface area contributed by atoms with Crippen molar-refractivity contribution >= 4 is 5.71 Å². The highest BCUT2D eigenvalue weighted by atomic mass is 16.5. The molecule has 0 amide bonds. The minimum Gasteiger partial charge on any atom is -0.507 e. The Morgan fingerprint density at radius 3 is 2.78 bits per heavy atom. The lowest BCUT2D eigenvalue weighted by atomic mass is 9.94. The predicted octanol–water partition coefficient (Wildman–Crippen LogP) is 3.39. The number of hydrogen-bond acceptors (Lipinski definition) is 9. The molecule has 0 fully saturated rings. The van der Waals surface area contributed by atoms with E-state index in [9.17, 15) is 15.4 Å². The zero-order valence-corrected chi connectivity index (χ0v) is 17.7. The first-order chi connectivity index (χ1) is 15.5. The summed E-state index contributed by atoms with van der Waals surface area (Å²) >= 11 is 0. The molecule has 0 saturated heterocycles. The molecular formula is C22H24N4O6. The Balaban J connectivity index is 1.58. The number of oxime groups is 1. The van der Waals surface area contributed by atoms with E-state index in [-0.39, 0.29) is 30.2 Å². The van der Waals surface area contributed by atoms with E-state index in [1.165, 1.54) is 19.2 Å². The number of benzene rings is 2. The molecular weight excluding hydrogens is 416 g/mol. The Morgan fingerprint density at radius 1 is 1.22 bits per heavy atom.